The Kier molecular flexibility index (Phi) is 7.04. The zero-order chi connectivity index (χ0) is 18.1. The van der Waals surface area contributed by atoms with Crippen LogP contribution in [0.25, 0.3) is 0 Å². The molecule has 5 heteroatoms. The van der Waals surface area contributed by atoms with E-state index in [1.807, 2.05) is 43.3 Å². The summed E-state index contributed by atoms with van der Waals surface area (Å²) < 4.78 is 5.67. The van der Waals surface area contributed by atoms with Crippen LogP contribution in [0, 0.1) is 6.92 Å². The zero-order valence-electron chi connectivity index (χ0n) is 14.4. The van der Waals surface area contributed by atoms with Gasteiger partial charge in [0, 0.05) is 29.9 Å². The second-order valence-electron chi connectivity index (χ2n) is 5.52. The van der Waals surface area contributed by atoms with E-state index >= 15 is 0 Å². The second-order valence-corrected chi connectivity index (χ2v) is 5.52. The number of para-hydroxylation sites is 1. The summed E-state index contributed by atoms with van der Waals surface area (Å²) in [7, 11) is 0. The molecule has 0 radical (unpaired) electrons. The van der Waals surface area contributed by atoms with Gasteiger partial charge in [-0.25, -0.2) is 0 Å². The molecule has 0 aliphatic carbocycles. The van der Waals surface area contributed by atoms with Crippen molar-refractivity contribution in [2.45, 2.75) is 13.5 Å². The van der Waals surface area contributed by atoms with E-state index in [4.69, 9.17) is 9.84 Å². The first-order valence-corrected chi connectivity index (χ1v) is 8.21. The number of benzene rings is 2. The number of rotatable bonds is 9. The molecule has 2 rings (SSSR count). The number of nitrogens with one attached hydrogen (secondary N) is 2. The Morgan fingerprint density at radius 3 is 2.80 bits per heavy atom. The molecule has 3 N–H and O–H groups in total. The van der Waals surface area contributed by atoms with Gasteiger partial charge in [-0.05, 0) is 30.7 Å². The average Bonchev–Trinajstić information content (AvgIpc) is 2.64. The number of amides is 1. The predicted molar refractivity (Wildman–Crippen MR) is 100 cm³/mol. The van der Waals surface area contributed by atoms with Gasteiger partial charge in [0.05, 0.1) is 6.61 Å². The molecule has 0 atom stereocenters. The van der Waals surface area contributed by atoms with Crippen molar-refractivity contribution in [1.29, 1.82) is 0 Å². The van der Waals surface area contributed by atoms with Crippen LogP contribution in [0.5, 0.6) is 5.75 Å². The smallest absolute Gasteiger partial charge is 0.251 e. The molecule has 132 valence electrons. The Morgan fingerprint density at radius 2 is 2.04 bits per heavy atom. The summed E-state index contributed by atoms with van der Waals surface area (Å²) in [5, 5.41) is 14.9. The standard InChI is InChI=1S/C20H24N2O3/c1-3-13-25-19-10-5-4-7-16(19)14-22-18-9-6-8-17(15(18)2)20(24)21-11-12-23/h3-10,22-23H,1,11-14H2,2H3,(H,21,24). The topological polar surface area (TPSA) is 70.6 Å². The van der Waals surface area contributed by atoms with Gasteiger partial charge in [-0.1, -0.05) is 36.9 Å². The van der Waals surface area contributed by atoms with Crippen LogP contribution in [0.2, 0.25) is 0 Å². The van der Waals surface area contributed by atoms with Crippen molar-refractivity contribution in [1.82, 2.24) is 5.32 Å². The number of hydrogen-bond donors (Lipinski definition) is 3. The first-order valence-electron chi connectivity index (χ1n) is 8.21. The average molecular weight is 340 g/mol. The van der Waals surface area contributed by atoms with Gasteiger partial charge in [0.2, 0.25) is 0 Å². The number of carbonyl (C=O) groups is 1. The van der Waals surface area contributed by atoms with Crippen LogP contribution >= 0.6 is 0 Å². The van der Waals surface area contributed by atoms with Gasteiger partial charge in [-0.15, -0.1) is 0 Å². The third kappa shape index (κ3) is 5.09. The Hall–Kier alpha value is -2.79. The number of carbonyl (C=O) groups excluding carboxylic acids is 1. The molecule has 0 unspecified atom stereocenters. The maximum absolute atomic E-state index is 12.1. The number of aliphatic hydroxyl groups is 1. The first kappa shape index (κ1) is 18.5. The fraction of sp³-hybridized carbons (Fsp3) is 0.250. The predicted octanol–water partition coefficient (Wildman–Crippen LogP) is 2.89. The Labute approximate surface area is 148 Å². The van der Waals surface area contributed by atoms with Gasteiger partial charge in [-0.3, -0.25) is 4.79 Å². The number of ether oxygens (including phenoxy) is 1. The van der Waals surface area contributed by atoms with Crippen molar-refractivity contribution in [3.63, 3.8) is 0 Å². The SMILES string of the molecule is C=CCOc1ccccc1CNc1cccc(C(=O)NCCO)c1C. The molecular formula is C20H24N2O3. The zero-order valence-corrected chi connectivity index (χ0v) is 14.4. The highest BCUT2D eigenvalue weighted by Gasteiger charge is 2.11. The van der Waals surface area contributed by atoms with Crippen molar-refractivity contribution in [3.05, 3.63) is 71.8 Å². The molecule has 0 saturated heterocycles. The van der Waals surface area contributed by atoms with E-state index < -0.39 is 0 Å². The molecule has 0 fully saturated rings. The van der Waals surface area contributed by atoms with E-state index in [0.717, 1.165) is 22.6 Å². The summed E-state index contributed by atoms with van der Waals surface area (Å²) in [6.07, 6.45) is 1.71. The quantitative estimate of drug-likeness (QED) is 0.614. The van der Waals surface area contributed by atoms with Gasteiger partial charge in [-0.2, -0.15) is 0 Å². The fourth-order valence-corrected chi connectivity index (χ4v) is 2.47. The van der Waals surface area contributed by atoms with Crippen LogP contribution in [0.15, 0.2) is 55.1 Å². The van der Waals surface area contributed by atoms with Crippen LogP contribution in [0.1, 0.15) is 21.5 Å². The third-order valence-electron chi connectivity index (χ3n) is 3.77. The van der Waals surface area contributed by atoms with Crippen LogP contribution < -0.4 is 15.4 Å². The molecule has 0 heterocycles. The minimum atomic E-state index is -0.190. The highest BCUT2D eigenvalue weighted by molar-refractivity contribution is 5.97. The van der Waals surface area contributed by atoms with E-state index in [-0.39, 0.29) is 19.1 Å². The van der Waals surface area contributed by atoms with E-state index in [0.29, 0.717) is 18.7 Å². The normalized spacial score (nSPS) is 10.2. The molecule has 0 saturated carbocycles. The lowest BCUT2D eigenvalue weighted by atomic mass is 10.1. The van der Waals surface area contributed by atoms with E-state index in [1.54, 1.807) is 12.1 Å². The molecule has 1 amide bonds. The lowest BCUT2D eigenvalue weighted by Crippen LogP contribution is -2.27. The first-order chi connectivity index (χ1) is 12.2. The van der Waals surface area contributed by atoms with Gasteiger partial charge < -0.3 is 20.5 Å². The lowest BCUT2D eigenvalue weighted by molar-refractivity contribution is 0.0944. The van der Waals surface area contributed by atoms with Gasteiger partial charge in [0.1, 0.15) is 12.4 Å². The second kappa shape index (κ2) is 9.49. The highest BCUT2D eigenvalue weighted by Crippen LogP contribution is 2.23. The molecular weight excluding hydrogens is 316 g/mol. The summed E-state index contributed by atoms with van der Waals surface area (Å²) >= 11 is 0. The van der Waals surface area contributed by atoms with Crippen LogP contribution in [-0.2, 0) is 6.54 Å². The minimum absolute atomic E-state index is 0.0791. The molecule has 0 aliphatic rings. The van der Waals surface area contributed by atoms with Gasteiger partial charge >= 0.3 is 0 Å². The van der Waals surface area contributed by atoms with Crippen molar-refractivity contribution in [3.8, 4) is 5.75 Å². The summed E-state index contributed by atoms with van der Waals surface area (Å²) in [6, 6.07) is 13.4. The van der Waals surface area contributed by atoms with Crippen LogP contribution in [0.4, 0.5) is 5.69 Å². The monoisotopic (exact) mass is 340 g/mol. The van der Waals surface area contributed by atoms with E-state index in [2.05, 4.69) is 17.2 Å². The molecule has 5 nitrogen and oxygen atoms in total. The van der Waals surface area contributed by atoms with Crippen molar-refractivity contribution < 1.29 is 14.6 Å². The highest BCUT2D eigenvalue weighted by atomic mass is 16.5. The van der Waals surface area contributed by atoms with Gasteiger partial charge in [0.25, 0.3) is 5.91 Å². The summed E-state index contributed by atoms with van der Waals surface area (Å²) in [6.45, 7) is 6.76. The van der Waals surface area contributed by atoms with Crippen molar-refractivity contribution in [2.75, 3.05) is 25.1 Å². The third-order valence-corrected chi connectivity index (χ3v) is 3.77. The van der Waals surface area contributed by atoms with Gasteiger partial charge in [0.15, 0.2) is 0 Å². The van der Waals surface area contributed by atoms with E-state index in [1.165, 1.54) is 0 Å². The molecule has 0 bridgehead atoms. The molecule has 2 aromatic rings. The summed E-state index contributed by atoms with van der Waals surface area (Å²) in [5.74, 6) is 0.620. The number of aliphatic hydroxyl groups excluding tert-OH is 1. The van der Waals surface area contributed by atoms with Crippen molar-refractivity contribution in [2.24, 2.45) is 0 Å². The Morgan fingerprint density at radius 1 is 1.24 bits per heavy atom. The lowest BCUT2D eigenvalue weighted by Gasteiger charge is -2.15. The summed E-state index contributed by atoms with van der Waals surface area (Å²) in [4.78, 5) is 12.1. The maximum Gasteiger partial charge on any atom is 0.251 e. The molecule has 2 aromatic carbocycles. The Balaban J connectivity index is 2.11. The largest absolute Gasteiger partial charge is 0.489 e. The molecule has 0 aliphatic heterocycles. The number of hydrogen-bond acceptors (Lipinski definition) is 4. The van der Waals surface area contributed by atoms with Crippen molar-refractivity contribution >= 4 is 11.6 Å². The molecule has 0 spiro atoms. The maximum atomic E-state index is 12.1. The van der Waals surface area contributed by atoms with Crippen LogP contribution in [-0.4, -0.2) is 30.8 Å². The molecule has 25 heavy (non-hydrogen) atoms. The molecule has 0 aromatic heterocycles. The minimum Gasteiger partial charge on any atom is -0.489 e. The number of anilines is 1. The van der Waals surface area contributed by atoms with E-state index in [9.17, 15) is 4.79 Å². The Bertz CT molecular complexity index is 729. The van der Waals surface area contributed by atoms with Crippen LogP contribution in [0.3, 0.4) is 0 Å². The summed E-state index contributed by atoms with van der Waals surface area (Å²) in [5.41, 5.74) is 3.37. The fourth-order valence-electron chi connectivity index (χ4n) is 2.47.